The highest BCUT2D eigenvalue weighted by Crippen LogP contribution is 2.36. The second kappa shape index (κ2) is 6.27. The monoisotopic (exact) mass is 358 g/mol. The minimum Gasteiger partial charge on any atom is -0.493 e. The van der Waals surface area contributed by atoms with Gasteiger partial charge in [0.2, 0.25) is 4.77 Å². The maximum atomic E-state index is 5.31. The van der Waals surface area contributed by atoms with Crippen LogP contribution in [0.25, 0.3) is 0 Å². The molecule has 0 bridgehead atoms. The molecule has 2 aromatic rings. The van der Waals surface area contributed by atoms with Crippen LogP contribution in [0.1, 0.15) is 11.4 Å². The zero-order valence-corrected chi connectivity index (χ0v) is 13.8. The van der Waals surface area contributed by atoms with Crippen LogP contribution >= 0.6 is 28.1 Å². The molecular formula is C12H15BrN4O2S. The fourth-order valence-electron chi connectivity index (χ4n) is 1.81. The third-order valence-corrected chi connectivity index (χ3v) is 3.64. The maximum absolute atomic E-state index is 5.31. The molecule has 1 heterocycles. The van der Waals surface area contributed by atoms with E-state index in [1.54, 1.807) is 18.9 Å². The molecule has 2 N–H and O–H groups in total. The molecule has 1 aromatic heterocycles. The zero-order valence-electron chi connectivity index (χ0n) is 11.4. The van der Waals surface area contributed by atoms with Crippen molar-refractivity contribution in [2.45, 2.75) is 13.5 Å². The summed E-state index contributed by atoms with van der Waals surface area (Å²) in [4.78, 5) is 0. The van der Waals surface area contributed by atoms with Crippen molar-refractivity contribution >= 4 is 28.1 Å². The van der Waals surface area contributed by atoms with Crippen molar-refractivity contribution in [3.63, 3.8) is 0 Å². The smallest absolute Gasteiger partial charge is 0.214 e. The number of aromatic nitrogens is 3. The van der Waals surface area contributed by atoms with Gasteiger partial charge in [0.25, 0.3) is 0 Å². The molecule has 0 spiro atoms. The standard InChI is InChI=1S/C12H15BrN4O2S/c1-7-15-16-12(20)17(7)14-6-8-4-9(13)11(19-3)10(5-8)18-2/h4-5,14H,6H2,1-3H3,(H,16,20). The Morgan fingerprint density at radius 1 is 1.40 bits per heavy atom. The summed E-state index contributed by atoms with van der Waals surface area (Å²) in [6.07, 6.45) is 0. The molecule has 0 saturated heterocycles. The third kappa shape index (κ3) is 2.96. The van der Waals surface area contributed by atoms with Gasteiger partial charge in [-0.25, -0.2) is 4.68 Å². The van der Waals surface area contributed by atoms with Gasteiger partial charge in [0.1, 0.15) is 5.82 Å². The van der Waals surface area contributed by atoms with Crippen molar-refractivity contribution in [1.82, 2.24) is 14.9 Å². The third-order valence-electron chi connectivity index (χ3n) is 2.77. The van der Waals surface area contributed by atoms with E-state index < -0.39 is 0 Å². The Morgan fingerprint density at radius 2 is 2.15 bits per heavy atom. The van der Waals surface area contributed by atoms with E-state index in [-0.39, 0.29) is 0 Å². The topological polar surface area (TPSA) is 64.1 Å². The quantitative estimate of drug-likeness (QED) is 0.804. The number of aryl methyl sites for hydroxylation is 1. The Bertz CT molecular complexity index is 668. The highest BCUT2D eigenvalue weighted by atomic mass is 79.9. The summed E-state index contributed by atoms with van der Waals surface area (Å²) >= 11 is 8.60. The van der Waals surface area contributed by atoms with Crippen LogP contribution in [0.15, 0.2) is 16.6 Å². The van der Waals surface area contributed by atoms with E-state index in [1.165, 1.54) is 0 Å². The van der Waals surface area contributed by atoms with E-state index in [0.29, 0.717) is 22.8 Å². The lowest BCUT2D eigenvalue weighted by atomic mass is 10.2. The molecule has 0 aliphatic carbocycles. The van der Waals surface area contributed by atoms with Crippen LogP contribution in [0.2, 0.25) is 0 Å². The summed E-state index contributed by atoms with van der Waals surface area (Å²) in [5.41, 5.74) is 4.22. The van der Waals surface area contributed by atoms with Crippen molar-refractivity contribution in [3.05, 3.63) is 32.8 Å². The van der Waals surface area contributed by atoms with Gasteiger partial charge >= 0.3 is 0 Å². The van der Waals surface area contributed by atoms with Crippen LogP contribution < -0.4 is 14.9 Å². The molecule has 0 aliphatic heterocycles. The Hall–Kier alpha value is -1.54. The van der Waals surface area contributed by atoms with Crippen LogP contribution in [0, 0.1) is 11.7 Å². The first-order valence-electron chi connectivity index (χ1n) is 5.85. The molecule has 6 nitrogen and oxygen atoms in total. The van der Waals surface area contributed by atoms with E-state index in [4.69, 9.17) is 21.7 Å². The maximum Gasteiger partial charge on any atom is 0.214 e. The molecule has 0 radical (unpaired) electrons. The zero-order chi connectivity index (χ0) is 14.7. The summed E-state index contributed by atoms with van der Waals surface area (Å²) in [5.74, 6) is 2.12. The lowest BCUT2D eigenvalue weighted by Gasteiger charge is -2.13. The number of hydrogen-bond donors (Lipinski definition) is 2. The first-order chi connectivity index (χ1) is 9.56. The second-order valence-electron chi connectivity index (χ2n) is 4.06. The van der Waals surface area contributed by atoms with Gasteiger partial charge in [0.15, 0.2) is 11.5 Å². The van der Waals surface area contributed by atoms with E-state index in [2.05, 4.69) is 31.6 Å². The normalized spacial score (nSPS) is 10.4. The molecule has 2 rings (SSSR count). The van der Waals surface area contributed by atoms with Gasteiger partial charge in [-0.1, -0.05) is 0 Å². The van der Waals surface area contributed by atoms with Crippen LogP contribution in [0.5, 0.6) is 11.5 Å². The van der Waals surface area contributed by atoms with Crippen molar-refractivity contribution in [2.24, 2.45) is 0 Å². The molecule has 0 atom stereocenters. The highest BCUT2D eigenvalue weighted by Gasteiger charge is 2.10. The number of H-pyrrole nitrogens is 1. The SMILES string of the molecule is COc1cc(CNn2c(C)n[nH]c2=S)cc(Br)c1OC. The summed E-state index contributed by atoms with van der Waals surface area (Å²) in [6, 6.07) is 3.88. The average molecular weight is 359 g/mol. The fraction of sp³-hybridized carbons (Fsp3) is 0.333. The van der Waals surface area contributed by atoms with Crippen LogP contribution in [-0.4, -0.2) is 29.1 Å². The number of benzene rings is 1. The molecule has 108 valence electrons. The highest BCUT2D eigenvalue weighted by molar-refractivity contribution is 9.10. The number of nitrogens with one attached hydrogen (secondary N) is 2. The van der Waals surface area contributed by atoms with Crippen molar-refractivity contribution in [2.75, 3.05) is 19.6 Å². The summed E-state index contributed by atoms with van der Waals surface area (Å²) < 4.78 is 13.7. The second-order valence-corrected chi connectivity index (χ2v) is 5.30. The minimum absolute atomic E-state index is 0.530. The molecule has 8 heteroatoms. The molecule has 0 saturated carbocycles. The fourth-order valence-corrected chi connectivity index (χ4v) is 2.70. The van der Waals surface area contributed by atoms with Gasteiger partial charge in [-0.15, -0.1) is 0 Å². The number of aromatic amines is 1. The molecule has 0 amide bonds. The summed E-state index contributed by atoms with van der Waals surface area (Å²) in [6.45, 7) is 2.44. The van der Waals surface area contributed by atoms with E-state index in [0.717, 1.165) is 15.9 Å². The molecule has 0 aliphatic rings. The number of ether oxygens (including phenoxy) is 2. The van der Waals surface area contributed by atoms with Crippen LogP contribution in [0.4, 0.5) is 0 Å². The van der Waals surface area contributed by atoms with Gasteiger partial charge < -0.3 is 14.9 Å². The number of hydrogen-bond acceptors (Lipinski definition) is 5. The van der Waals surface area contributed by atoms with E-state index in [1.807, 2.05) is 19.1 Å². The summed E-state index contributed by atoms with van der Waals surface area (Å²) in [7, 11) is 3.21. The van der Waals surface area contributed by atoms with Crippen LogP contribution in [-0.2, 0) is 6.54 Å². The van der Waals surface area contributed by atoms with Gasteiger partial charge in [-0.2, -0.15) is 5.10 Å². The van der Waals surface area contributed by atoms with Crippen molar-refractivity contribution < 1.29 is 9.47 Å². The predicted molar refractivity (Wildman–Crippen MR) is 82.5 cm³/mol. The Morgan fingerprint density at radius 3 is 2.70 bits per heavy atom. The number of nitrogens with zero attached hydrogens (tertiary/aromatic N) is 2. The molecule has 20 heavy (non-hydrogen) atoms. The Kier molecular flexibility index (Phi) is 4.66. The first kappa shape index (κ1) is 14.9. The lowest BCUT2D eigenvalue weighted by Crippen LogP contribution is -2.16. The Balaban J connectivity index is 2.22. The van der Waals surface area contributed by atoms with Gasteiger partial charge in [0, 0.05) is 0 Å². The Labute approximate surface area is 130 Å². The number of rotatable bonds is 5. The summed E-state index contributed by atoms with van der Waals surface area (Å²) in [5, 5.41) is 6.76. The molecule has 0 unspecified atom stereocenters. The average Bonchev–Trinajstić information content (AvgIpc) is 2.75. The molecular weight excluding hydrogens is 344 g/mol. The van der Waals surface area contributed by atoms with E-state index in [9.17, 15) is 0 Å². The first-order valence-corrected chi connectivity index (χ1v) is 7.05. The lowest BCUT2D eigenvalue weighted by molar-refractivity contribution is 0.352. The predicted octanol–water partition coefficient (Wildman–Crippen LogP) is 2.77. The van der Waals surface area contributed by atoms with Gasteiger partial charge in [-0.3, -0.25) is 5.10 Å². The number of methoxy groups -OCH3 is 2. The molecule has 0 fully saturated rings. The van der Waals surface area contributed by atoms with E-state index >= 15 is 0 Å². The largest absolute Gasteiger partial charge is 0.493 e. The van der Waals surface area contributed by atoms with Crippen molar-refractivity contribution in [1.29, 1.82) is 0 Å². The van der Waals surface area contributed by atoms with Gasteiger partial charge in [0.05, 0.1) is 25.2 Å². The minimum atomic E-state index is 0.530. The molecule has 1 aromatic carbocycles. The van der Waals surface area contributed by atoms with Gasteiger partial charge in [-0.05, 0) is 52.8 Å². The number of halogens is 1. The van der Waals surface area contributed by atoms with Crippen LogP contribution in [0.3, 0.4) is 0 Å². The van der Waals surface area contributed by atoms with Crippen molar-refractivity contribution in [3.8, 4) is 11.5 Å².